The molecular formula is C16H31N3O3S. The summed E-state index contributed by atoms with van der Waals surface area (Å²) in [5.74, 6) is 1.73. The summed E-state index contributed by atoms with van der Waals surface area (Å²) in [4.78, 5) is 11.9. The van der Waals surface area contributed by atoms with Crippen LogP contribution in [0.15, 0.2) is 0 Å². The molecule has 0 bridgehead atoms. The highest BCUT2D eigenvalue weighted by atomic mass is 32.2. The van der Waals surface area contributed by atoms with Gasteiger partial charge in [0.15, 0.2) is 0 Å². The van der Waals surface area contributed by atoms with Crippen LogP contribution in [0.5, 0.6) is 0 Å². The maximum absolute atomic E-state index is 12.4. The predicted molar refractivity (Wildman–Crippen MR) is 92.4 cm³/mol. The zero-order chi connectivity index (χ0) is 17.4. The Balaban J connectivity index is 1.92. The number of amides is 1. The number of fused-ring (bicyclic) bond motifs is 1. The summed E-state index contributed by atoms with van der Waals surface area (Å²) in [5.41, 5.74) is -0.513. The van der Waals surface area contributed by atoms with Crippen LogP contribution in [-0.4, -0.2) is 46.3 Å². The average Bonchev–Trinajstić information content (AvgIpc) is 2.84. The van der Waals surface area contributed by atoms with E-state index in [1.807, 2.05) is 41.5 Å². The molecule has 0 spiro atoms. The van der Waals surface area contributed by atoms with Gasteiger partial charge >= 0.3 is 6.09 Å². The molecule has 2 rings (SSSR count). The molecule has 2 aliphatic rings. The Hall–Kier alpha value is -0.660. The van der Waals surface area contributed by atoms with Crippen LogP contribution < -0.4 is 15.4 Å². The number of carbonyl (C=O) groups excluding carboxylic acids is 1. The van der Waals surface area contributed by atoms with E-state index in [1.54, 1.807) is 0 Å². The highest BCUT2D eigenvalue weighted by Gasteiger charge is 2.56. The minimum atomic E-state index is -1.15. The van der Waals surface area contributed by atoms with Gasteiger partial charge < -0.3 is 15.4 Å². The maximum atomic E-state index is 12.4. The number of hydrogen-bond donors (Lipinski definition) is 3. The average molecular weight is 346 g/mol. The second kappa shape index (κ2) is 6.69. The van der Waals surface area contributed by atoms with Crippen molar-refractivity contribution in [2.45, 2.75) is 57.9 Å². The van der Waals surface area contributed by atoms with Gasteiger partial charge in [0.25, 0.3) is 0 Å². The Morgan fingerprint density at radius 2 is 1.78 bits per heavy atom. The Morgan fingerprint density at radius 1 is 1.22 bits per heavy atom. The first-order valence-electron chi connectivity index (χ1n) is 8.34. The van der Waals surface area contributed by atoms with E-state index in [0.29, 0.717) is 24.3 Å². The van der Waals surface area contributed by atoms with Gasteiger partial charge in [-0.1, -0.05) is 0 Å². The van der Waals surface area contributed by atoms with Crippen LogP contribution in [-0.2, 0) is 15.7 Å². The van der Waals surface area contributed by atoms with Gasteiger partial charge in [-0.15, -0.1) is 0 Å². The minimum absolute atomic E-state index is 0.0136. The van der Waals surface area contributed by atoms with Crippen molar-refractivity contribution in [3.05, 3.63) is 0 Å². The summed E-state index contributed by atoms with van der Waals surface area (Å²) in [5, 5.41) is 6.20. The summed E-state index contributed by atoms with van der Waals surface area (Å²) in [6.07, 6.45) is -0.422. The third-order valence-electron chi connectivity index (χ3n) is 4.30. The monoisotopic (exact) mass is 345 g/mol. The van der Waals surface area contributed by atoms with Gasteiger partial charge in [0.2, 0.25) is 0 Å². The highest BCUT2D eigenvalue weighted by molar-refractivity contribution is 7.84. The number of hydrogen-bond acceptors (Lipinski definition) is 4. The third-order valence-corrected chi connectivity index (χ3v) is 5.93. The zero-order valence-electron chi connectivity index (χ0n) is 15.1. The molecule has 1 amide bonds. The van der Waals surface area contributed by atoms with Crippen molar-refractivity contribution in [3.63, 3.8) is 0 Å². The smallest absolute Gasteiger partial charge is 0.407 e. The van der Waals surface area contributed by atoms with E-state index in [0.717, 1.165) is 13.1 Å². The molecule has 3 N–H and O–H groups in total. The molecule has 23 heavy (non-hydrogen) atoms. The van der Waals surface area contributed by atoms with E-state index in [-0.39, 0.29) is 10.8 Å². The Kier molecular flexibility index (Phi) is 5.43. The van der Waals surface area contributed by atoms with Gasteiger partial charge in [-0.25, -0.2) is 13.7 Å². The van der Waals surface area contributed by atoms with Gasteiger partial charge in [0.1, 0.15) is 5.60 Å². The van der Waals surface area contributed by atoms with Crippen molar-refractivity contribution in [1.29, 1.82) is 0 Å². The quantitative estimate of drug-likeness (QED) is 0.704. The molecule has 0 aromatic heterocycles. The second-order valence-corrected chi connectivity index (χ2v) is 10.5. The first kappa shape index (κ1) is 18.7. The molecule has 5 atom stereocenters. The first-order valence-corrected chi connectivity index (χ1v) is 9.49. The van der Waals surface area contributed by atoms with Gasteiger partial charge in [-0.05, 0) is 72.4 Å². The van der Waals surface area contributed by atoms with E-state index in [1.165, 1.54) is 0 Å². The van der Waals surface area contributed by atoms with E-state index in [2.05, 4.69) is 15.4 Å². The van der Waals surface area contributed by atoms with Crippen LogP contribution in [0.25, 0.3) is 0 Å². The topological polar surface area (TPSA) is 79.5 Å². The van der Waals surface area contributed by atoms with Gasteiger partial charge in [-0.2, -0.15) is 0 Å². The highest BCUT2D eigenvalue weighted by Crippen LogP contribution is 2.50. The number of piperidine rings is 1. The zero-order valence-corrected chi connectivity index (χ0v) is 15.9. The van der Waals surface area contributed by atoms with Crippen LogP contribution in [0.1, 0.15) is 41.5 Å². The molecule has 1 aliphatic heterocycles. The van der Waals surface area contributed by atoms with E-state index >= 15 is 0 Å². The molecule has 6 nitrogen and oxygen atoms in total. The fourth-order valence-corrected chi connectivity index (χ4v) is 4.01. The summed E-state index contributed by atoms with van der Waals surface area (Å²) in [7, 11) is -1.15. The fraction of sp³-hybridized carbons (Fsp3) is 0.938. The molecule has 7 heteroatoms. The summed E-state index contributed by atoms with van der Waals surface area (Å²) >= 11 is 0. The lowest BCUT2D eigenvalue weighted by molar-refractivity contribution is 0.0521. The lowest BCUT2D eigenvalue weighted by atomic mass is 10.1. The molecular weight excluding hydrogens is 314 g/mol. The molecule has 0 aromatic rings. The molecule has 134 valence electrons. The van der Waals surface area contributed by atoms with Crippen molar-refractivity contribution in [1.82, 2.24) is 15.4 Å². The lowest BCUT2D eigenvalue weighted by Crippen LogP contribution is -2.49. The molecule has 3 unspecified atom stereocenters. The predicted octanol–water partition coefficient (Wildman–Crippen LogP) is 1.40. The largest absolute Gasteiger partial charge is 0.444 e. The van der Waals surface area contributed by atoms with Crippen LogP contribution >= 0.6 is 0 Å². The SMILES string of the molecule is CC(C)(C)OC(=O)NCC(NS(=O)C(C)(C)C)C1[C@H]2CNC[C@@H]12. The van der Waals surface area contributed by atoms with Crippen molar-refractivity contribution in [2.75, 3.05) is 19.6 Å². The maximum Gasteiger partial charge on any atom is 0.407 e. The van der Waals surface area contributed by atoms with E-state index < -0.39 is 22.7 Å². The molecule has 1 heterocycles. The van der Waals surface area contributed by atoms with Crippen molar-refractivity contribution in [3.8, 4) is 0 Å². The Labute approximate surface area is 142 Å². The Bertz CT molecular complexity index is 460. The molecule has 1 saturated heterocycles. The molecule has 0 radical (unpaired) electrons. The standard InChI is InChI=1S/C16H31N3O3S/c1-15(2,3)22-14(20)18-9-12(19-23(21)16(4,5)6)13-10-7-17-8-11(10)13/h10-13,17,19H,7-9H2,1-6H3,(H,18,20)/t10-,11+,12?,13?,23?. The summed E-state index contributed by atoms with van der Waals surface area (Å²) < 4.78 is 20.6. The lowest BCUT2D eigenvalue weighted by Gasteiger charge is -2.26. The number of carbonyl (C=O) groups is 1. The molecule has 1 saturated carbocycles. The summed E-state index contributed by atoms with van der Waals surface area (Å²) in [6.45, 7) is 13.8. The van der Waals surface area contributed by atoms with Gasteiger partial charge in [0.05, 0.1) is 15.7 Å². The first-order chi connectivity index (χ1) is 10.5. The fourth-order valence-electron chi connectivity index (χ4n) is 3.14. The second-order valence-electron chi connectivity index (χ2n) is 8.55. The Morgan fingerprint density at radius 3 is 2.26 bits per heavy atom. The van der Waals surface area contributed by atoms with Crippen LogP contribution in [0, 0.1) is 17.8 Å². The van der Waals surface area contributed by atoms with E-state index in [4.69, 9.17) is 4.74 Å². The van der Waals surface area contributed by atoms with Crippen molar-refractivity contribution in [2.24, 2.45) is 17.8 Å². The van der Waals surface area contributed by atoms with Crippen LogP contribution in [0.2, 0.25) is 0 Å². The number of rotatable bonds is 5. The van der Waals surface area contributed by atoms with Crippen molar-refractivity contribution < 1.29 is 13.7 Å². The number of alkyl carbamates (subject to hydrolysis) is 1. The van der Waals surface area contributed by atoms with Crippen molar-refractivity contribution >= 4 is 17.1 Å². The van der Waals surface area contributed by atoms with Crippen LogP contribution in [0.3, 0.4) is 0 Å². The summed E-state index contributed by atoms with van der Waals surface area (Å²) in [6, 6.07) is 0.0136. The van der Waals surface area contributed by atoms with Gasteiger partial charge in [0, 0.05) is 12.6 Å². The minimum Gasteiger partial charge on any atom is -0.444 e. The number of ether oxygens (including phenoxy) is 1. The van der Waals surface area contributed by atoms with E-state index in [9.17, 15) is 9.00 Å². The molecule has 1 aliphatic carbocycles. The van der Waals surface area contributed by atoms with Crippen LogP contribution in [0.4, 0.5) is 4.79 Å². The number of nitrogens with one attached hydrogen (secondary N) is 3. The normalized spacial score (nSPS) is 29.6. The molecule has 0 aromatic carbocycles. The van der Waals surface area contributed by atoms with Gasteiger partial charge in [-0.3, -0.25) is 0 Å². The molecule has 2 fully saturated rings. The third kappa shape index (κ3) is 5.16.